The normalized spacial score (nSPS) is 14.9. The minimum atomic E-state index is -0.297. The summed E-state index contributed by atoms with van der Waals surface area (Å²) in [5.41, 5.74) is 1.24. The monoisotopic (exact) mass is 359 g/mol. The van der Waals surface area contributed by atoms with Crippen molar-refractivity contribution in [2.24, 2.45) is 11.3 Å². The van der Waals surface area contributed by atoms with Gasteiger partial charge in [-0.05, 0) is 46.3 Å². The van der Waals surface area contributed by atoms with Crippen LogP contribution in [-0.4, -0.2) is 13.7 Å². The number of nitrogens with one attached hydrogen (secondary N) is 1. The molecule has 0 amide bonds. The van der Waals surface area contributed by atoms with Gasteiger partial charge < -0.3 is 10.1 Å². The molecule has 0 bridgehead atoms. The van der Waals surface area contributed by atoms with Crippen molar-refractivity contribution in [2.45, 2.75) is 47.1 Å². The minimum absolute atomic E-state index is 0.149. The lowest BCUT2D eigenvalue weighted by molar-refractivity contribution is 0.222. The molecule has 0 heterocycles. The van der Waals surface area contributed by atoms with Crippen molar-refractivity contribution in [3.8, 4) is 5.75 Å². The molecule has 21 heavy (non-hydrogen) atoms. The van der Waals surface area contributed by atoms with Crippen molar-refractivity contribution >= 4 is 15.9 Å². The summed E-state index contributed by atoms with van der Waals surface area (Å²) >= 11 is 3.28. The van der Waals surface area contributed by atoms with Crippen LogP contribution in [0.4, 0.5) is 4.39 Å². The first-order chi connectivity index (χ1) is 9.70. The van der Waals surface area contributed by atoms with E-state index in [0.29, 0.717) is 16.1 Å². The van der Waals surface area contributed by atoms with E-state index in [4.69, 9.17) is 4.74 Å². The van der Waals surface area contributed by atoms with E-state index in [1.165, 1.54) is 6.07 Å². The number of hydrogen-bond donors (Lipinski definition) is 1. The second-order valence-electron chi connectivity index (χ2n) is 6.62. The van der Waals surface area contributed by atoms with Crippen molar-refractivity contribution in [3.63, 3.8) is 0 Å². The van der Waals surface area contributed by atoms with Gasteiger partial charge in [-0.25, -0.2) is 4.39 Å². The van der Waals surface area contributed by atoms with Crippen LogP contribution in [0.15, 0.2) is 16.6 Å². The number of halogens is 2. The highest BCUT2D eigenvalue weighted by molar-refractivity contribution is 9.10. The molecule has 2 atom stereocenters. The lowest BCUT2D eigenvalue weighted by Crippen LogP contribution is -2.28. The van der Waals surface area contributed by atoms with E-state index in [0.717, 1.165) is 18.5 Å². The average Bonchev–Trinajstić information content (AvgIpc) is 2.39. The summed E-state index contributed by atoms with van der Waals surface area (Å²) in [6.07, 6.45) is 0.978. The first-order valence-electron chi connectivity index (χ1n) is 7.47. The molecule has 2 nitrogen and oxygen atoms in total. The SMILES string of the molecule is CCNC(CC(C)C(C)(C)C)c1cc(Br)c(F)cc1OC. The number of methoxy groups -OCH3 is 1. The van der Waals surface area contributed by atoms with Crippen LogP contribution in [0.25, 0.3) is 0 Å². The molecule has 0 saturated carbocycles. The van der Waals surface area contributed by atoms with Crippen molar-refractivity contribution in [1.29, 1.82) is 0 Å². The smallest absolute Gasteiger partial charge is 0.141 e. The molecule has 0 spiro atoms. The van der Waals surface area contributed by atoms with Crippen LogP contribution >= 0.6 is 15.9 Å². The van der Waals surface area contributed by atoms with Crippen LogP contribution in [0.5, 0.6) is 5.75 Å². The van der Waals surface area contributed by atoms with Crippen LogP contribution < -0.4 is 10.1 Å². The van der Waals surface area contributed by atoms with Crippen LogP contribution in [0.2, 0.25) is 0 Å². The molecule has 0 aliphatic carbocycles. The van der Waals surface area contributed by atoms with Crippen LogP contribution in [0.3, 0.4) is 0 Å². The van der Waals surface area contributed by atoms with E-state index < -0.39 is 0 Å². The van der Waals surface area contributed by atoms with Gasteiger partial charge >= 0.3 is 0 Å². The zero-order valence-electron chi connectivity index (χ0n) is 13.9. The number of ether oxygens (including phenoxy) is 1. The molecule has 4 heteroatoms. The van der Waals surface area contributed by atoms with E-state index in [1.54, 1.807) is 7.11 Å². The summed E-state index contributed by atoms with van der Waals surface area (Å²) in [5.74, 6) is 0.826. The van der Waals surface area contributed by atoms with Gasteiger partial charge in [0.1, 0.15) is 11.6 Å². The van der Waals surface area contributed by atoms with Gasteiger partial charge in [0, 0.05) is 17.7 Å². The summed E-state index contributed by atoms with van der Waals surface area (Å²) in [7, 11) is 1.59. The maximum atomic E-state index is 13.7. The van der Waals surface area contributed by atoms with E-state index >= 15 is 0 Å². The van der Waals surface area contributed by atoms with E-state index in [9.17, 15) is 4.39 Å². The predicted molar refractivity (Wildman–Crippen MR) is 90.3 cm³/mol. The van der Waals surface area contributed by atoms with Gasteiger partial charge in [-0.3, -0.25) is 0 Å². The Balaban J connectivity index is 3.13. The molecule has 1 aromatic rings. The van der Waals surface area contributed by atoms with Gasteiger partial charge in [0.25, 0.3) is 0 Å². The summed E-state index contributed by atoms with van der Waals surface area (Å²) < 4.78 is 19.6. The molecule has 0 saturated heterocycles. The molecule has 1 aromatic carbocycles. The van der Waals surface area contributed by atoms with Gasteiger partial charge in [-0.1, -0.05) is 34.6 Å². The summed E-state index contributed by atoms with van der Waals surface area (Å²) in [6.45, 7) is 11.9. The minimum Gasteiger partial charge on any atom is -0.496 e. The Kier molecular flexibility index (Phi) is 6.67. The highest BCUT2D eigenvalue weighted by Crippen LogP contribution is 2.37. The molecule has 0 aliphatic rings. The molecule has 2 unspecified atom stereocenters. The Morgan fingerprint density at radius 2 is 1.95 bits per heavy atom. The third-order valence-corrected chi connectivity index (χ3v) is 4.77. The number of hydrogen-bond acceptors (Lipinski definition) is 2. The Morgan fingerprint density at radius 3 is 2.43 bits per heavy atom. The lowest BCUT2D eigenvalue weighted by atomic mass is 9.77. The van der Waals surface area contributed by atoms with Gasteiger partial charge in [-0.2, -0.15) is 0 Å². The fourth-order valence-corrected chi connectivity index (χ4v) is 2.63. The maximum absolute atomic E-state index is 13.7. The van der Waals surface area contributed by atoms with Crippen molar-refractivity contribution in [2.75, 3.05) is 13.7 Å². The average molecular weight is 360 g/mol. The summed E-state index contributed by atoms with van der Waals surface area (Å²) in [5, 5.41) is 3.50. The molecule has 0 aromatic heterocycles. The van der Waals surface area contributed by atoms with Crippen LogP contribution in [-0.2, 0) is 0 Å². The van der Waals surface area contributed by atoms with Crippen molar-refractivity contribution in [3.05, 3.63) is 28.0 Å². The fourth-order valence-electron chi connectivity index (χ4n) is 2.27. The largest absolute Gasteiger partial charge is 0.496 e. The van der Waals surface area contributed by atoms with Gasteiger partial charge in [0.2, 0.25) is 0 Å². The molecule has 0 aliphatic heterocycles. The molecule has 0 fully saturated rings. The third-order valence-electron chi connectivity index (χ3n) is 4.17. The molecule has 1 N–H and O–H groups in total. The van der Waals surface area contributed by atoms with Gasteiger partial charge in [0.15, 0.2) is 0 Å². The van der Waals surface area contributed by atoms with E-state index in [-0.39, 0.29) is 17.3 Å². The second-order valence-corrected chi connectivity index (χ2v) is 7.48. The zero-order valence-corrected chi connectivity index (χ0v) is 15.5. The maximum Gasteiger partial charge on any atom is 0.141 e. The Morgan fingerprint density at radius 1 is 1.33 bits per heavy atom. The second kappa shape index (κ2) is 7.59. The zero-order chi connectivity index (χ0) is 16.2. The summed E-state index contributed by atoms with van der Waals surface area (Å²) in [4.78, 5) is 0. The molecule has 1 rings (SSSR count). The topological polar surface area (TPSA) is 21.3 Å². The van der Waals surface area contributed by atoms with Crippen molar-refractivity contribution in [1.82, 2.24) is 5.32 Å². The number of benzene rings is 1. The highest BCUT2D eigenvalue weighted by Gasteiger charge is 2.26. The Hall–Kier alpha value is -0.610. The number of rotatable bonds is 6. The standard InChI is InChI=1S/C17H27BrFNO/c1-7-20-15(8-11(2)17(3,4)5)12-9-13(18)14(19)10-16(12)21-6/h9-11,15,20H,7-8H2,1-6H3. The Labute approximate surface area is 136 Å². The fraction of sp³-hybridized carbons (Fsp3) is 0.647. The molecule has 0 radical (unpaired) electrons. The van der Waals surface area contributed by atoms with E-state index in [2.05, 4.69) is 55.9 Å². The molecular weight excluding hydrogens is 333 g/mol. The van der Waals surface area contributed by atoms with Crippen molar-refractivity contribution < 1.29 is 9.13 Å². The van der Waals surface area contributed by atoms with Crippen LogP contribution in [0, 0.1) is 17.2 Å². The third kappa shape index (κ3) is 4.96. The first kappa shape index (κ1) is 18.4. The quantitative estimate of drug-likeness (QED) is 0.741. The lowest BCUT2D eigenvalue weighted by Gasteiger charge is -2.32. The van der Waals surface area contributed by atoms with Gasteiger partial charge in [0.05, 0.1) is 11.6 Å². The predicted octanol–water partition coefficient (Wildman–Crippen LogP) is 5.32. The first-order valence-corrected chi connectivity index (χ1v) is 8.26. The van der Waals surface area contributed by atoms with E-state index in [1.807, 2.05) is 6.07 Å². The highest BCUT2D eigenvalue weighted by atomic mass is 79.9. The molecular formula is C17H27BrFNO. The summed E-state index contributed by atoms with van der Waals surface area (Å²) in [6, 6.07) is 3.43. The molecule has 120 valence electrons. The Bertz CT molecular complexity index is 471. The van der Waals surface area contributed by atoms with Crippen LogP contribution in [0.1, 0.15) is 52.6 Å². The van der Waals surface area contributed by atoms with Gasteiger partial charge in [-0.15, -0.1) is 0 Å².